The van der Waals surface area contributed by atoms with Gasteiger partial charge < -0.3 is 64.9 Å². The fourth-order valence-corrected chi connectivity index (χ4v) is 13.3. The van der Waals surface area contributed by atoms with Crippen molar-refractivity contribution in [2.75, 3.05) is 13.2 Å². The molecule has 4 aliphatic carbocycles. The summed E-state index contributed by atoms with van der Waals surface area (Å²) >= 11 is 0. The number of allylic oxidation sites excluding steroid dienone is 2. The van der Waals surface area contributed by atoms with Crippen LogP contribution in [0.15, 0.2) is 11.6 Å². The lowest BCUT2D eigenvalue weighted by Crippen LogP contribution is -2.68. The Hall–Kier alpha value is -0.780. The van der Waals surface area contributed by atoms with E-state index in [0.29, 0.717) is 19.3 Å². The molecule has 0 bridgehead atoms. The summed E-state index contributed by atoms with van der Waals surface area (Å²) in [6, 6.07) is 0. The van der Waals surface area contributed by atoms with Gasteiger partial charge >= 0.3 is 0 Å². The highest BCUT2D eigenvalue weighted by Gasteiger charge is 2.71. The second kappa shape index (κ2) is 15.7. The zero-order valence-corrected chi connectivity index (χ0v) is 34.3. The molecule has 0 amide bonds. The standard InChI is InChI=1S/C42H72O13/c1-21(2)10-9-14-42(8,51)22-11-16-41(7)29(22)23(45)18-27-39(5)15-13-28(38(3,4)26(39)12-17-40(27,41)6)54-37-35(33(49)31(47)25(20-44)53-37)55-36-34(50)32(48)30(46)24(19-43)52-36/h10,22-37,43-51H,9,11-20H2,1-8H3/t22?,23?,24?,25?,26?,27?,28?,29?,30-,31-,32?,33?,34+,35+,36+,37+,39?,40?,41-,42-/m1/s1. The van der Waals surface area contributed by atoms with Crippen molar-refractivity contribution < 1.29 is 64.9 Å². The Morgan fingerprint density at radius 2 is 1.33 bits per heavy atom. The molecule has 20 atom stereocenters. The van der Waals surface area contributed by atoms with E-state index in [4.69, 9.17) is 18.9 Å². The minimum Gasteiger partial charge on any atom is -0.394 e. The zero-order chi connectivity index (χ0) is 40.6. The minimum absolute atomic E-state index is 0.00798. The molecule has 318 valence electrons. The van der Waals surface area contributed by atoms with Gasteiger partial charge in [-0.25, -0.2) is 0 Å². The molecule has 6 fully saturated rings. The maximum absolute atomic E-state index is 12.2. The maximum Gasteiger partial charge on any atom is 0.187 e. The highest BCUT2D eigenvalue weighted by molar-refractivity contribution is 5.20. The molecule has 0 aromatic rings. The molecule has 9 N–H and O–H groups in total. The predicted molar refractivity (Wildman–Crippen MR) is 201 cm³/mol. The molecule has 4 saturated carbocycles. The Bertz CT molecular complexity index is 1370. The van der Waals surface area contributed by atoms with Crippen molar-refractivity contribution in [3.63, 3.8) is 0 Å². The Labute approximate surface area is 327 Å². The van der Waals surface area contributed by atoms with Gasteiger partial charge in [0.25, 0.3) is 0 Å². The Balaban J connectivity index is 1.23. The van der Waals surface area contributed by atoms with Crippen molar-refractivity contribution >= 4 is 0 Å². The van der Waals surface area contributed by atoms with Crippen molar-refractivity contribution in [1.82, 2.24) is 0 Å². The molecule has 55 heavy (non-hydrogen) atoms. The number of hydrogen-bond acceptors (Lipinski definition) is 13. The highest BCUT2D eigenvalue weighted by atomic mass is 16.8. The van der Waals surface area contributed by atoms with Crippen LogP contribution >= 0.6 is 0 Å². The van der Waals surface area contributed by atoms with Crippen LogP contribution in [0.25, 0.3) is 0 Å². The van der Waals surface area contributed by atoms with Gasteiger partial charge in [0.15, 0.2) is 12.6 Å². The molecule has 13 heteroatoms. The largest absolute Gasteiger partial charge is 0.394 e. The molecule has 12 unspecified atom stereocenters. The summed E-state index contributed by atoms with van der Waals surface area (Å²) in [5.74, 6) is 0.445. The third-order valence-electron chi connectivity index (χ3n) is 16.6. The topological polar surface area (TPSA) is 219 Å². The van der Waals surface area contributed by atoms with Gasteiger partial charge in [-0.05, 0) is 124 Å². The van der Waals surface area contributed by atoms with Crippen molar-refractivity contribution in [3.05, 3.63) is 11.6 Å². The van der Waals surface area contributed by atoms with Gasteiger partial charge in [-0.2, -0.15) is 0 Å². The number of aliphatic hydroxyl groups is 9. The van der Waals surface area contributed by atoms with E-state index in [1.807, 2.05) is 6.92 Å². The quantitative estimate of drug-likeness (QED) is 0.115. The van der Waals surface area contributed by atoms with E-state index in [-0.39, 0.29) is 39.9 Å². The smallest absolute Gasteiger partial charge is 0.187 e. The van der Waals surface area contributed by atoms with Crippen molar-refractivity contribution in [1.29, 1.82) is 0 Å². The van der Waals surface area contributed by atoms with Crippen LogP contribution in [-0.4, -0.2) is 138 Å². The molecule has 2 heterocycles. The molecule has 0 aromatic carbocycles. The molecular weight excluding hydrogens is 712 g/mol. The Kier molecular flexibility index (Phi) is 12.5. The number of aliphatic hydroxyl groups excluding tert-OH is 8. The summed E-state index contributed by atoms with van der Waals surface area (Å²) in [6.45, 7) is 16.5. The van der Waals surface area contributed by atoms with Gasteiger partial charge in [-0.1, -0.05) is 46.3 Å². The highest BCUT2D eigenvalue weighted by Crippen LogP contribution is 2.76. The normalized spacial score (nSPS) is 52.0. The summed E-state index contributed by atoms with van der Waals surface area (Å²) < 4.78 is 24.4. The third-order valence-corrected chi connectivity index (χ3v) is 16.6. The summed E-state index contributed by atoms with van der Waals surface area (Å²) in [7, 11) is 0. The lowest BCUT2D eigenvalue weighted by Gasteiger charge is -2.70. The number of fused-ring (bicyclic) bond motifs is 5. The number of hydrogen-bond donors (Lipinski definition) is 9. The van der Waals surface area contributed by atoms with E-state index < -0.39 is 97.8 Å². The molecule has 0 radical (unpaired) electrons. The van der Waals surface area contributed by atoms with Crippen LogP contribution in [0, 0.1) is 45.3 Å². The summed E-state index contributed by atoms with van der Waals surface area (Å²) in [5.41, 5.74) is -0.405. The van der Waals surface area contributed by atoms with Crippen LogP contribution in [0.2, 0.25) is 0 Å². The van der Waals surface area contributed by atoms with Crippen LogP contribution < -0.4 is 0 Å². The van der Waals surface area contributed by atoms with Crippen LogP contribution in [-0.2, 0) is 18.9 Å². The number of rotatable bonds is 10. The van der Waals surface area contributed by atoms with Crippen LogP contribution in [0.3, 0.4) is 0 Å². The predicted octanol–water partition coefficient (Wildman–Crippen LogP) is 2.15. The first-order chi connectivity index (χ1) is 25.6. The first-order valence-corrected chi connectivity index (χ1v) is 20.9. The molecule has 6 rings (SSSR count). The Morgan fingerprint density at radius 3 is 1.95 bits per heavy atom. The van der Waals surface area contributed by atoms with Crippen LogP contribution in [0.1, 0.15) is 113 Å². The van der Waals surface area contributed by atoms with Crippen LogP contribution in [0.4, 0.5) is 0 Å². The van der Waals surface area contributed by atoms with Crippen molar-refractivity contribution in [2.24, 2.45) is 45.3 Å². The van der Waals surface area contributed by atoms with Crippen molar-refractivity contribution in [3.8, 4) is 0 Å². The Morgan fingerprint density at radius 1 is 0.727 bits per heavy atom. The van der Waals surface area contributed by atoms with E-state index in [9.17, 15) is 46.0 Å². The zero-order valence-electron chi connectivity index (χ0n) is 34.3. The molecule has 0 spiro atoms. The maximum atomic E-state index is 12.2. The minimum atomic E-state index is -1.75. The van der Waals surface area contributed by atoms with E-state index in [0.717, 1.165) is 38.5 Å². The molecule has 2 aliphatic heterocycles. The molecule has 13 nitrogen and oxygen atoms in total. The summed E-state index contributed by atoms with van der Waals surface area (Å²) in [5, 5.41) is 97.4. The third kappa shape index (κ3) is 7.20. The average Bonchev–Trinajstić information content (AvgIpc) is 3.50. The van der Waals surface area contributed by atoms with Gasteiger partial charge in [0.2, 0.25) is 0 Å². The van der Waals surface area contributed by atoms with Gasteiger partial charge in [0.05, 0.1) is 31.0 Å². The average molecular weight is 785 g/mol. The molecule has 6 aliphatic rings. The fourth-order valence-electron chi connectivity index (χ4n) is 13.3. The van der Waals surface area contributed by atoms with E-state index >= 15 is 0 Å². The second-order valence-corrected chi connectivity index (χ2v) is 20.1. The lowest BCUT2D eigenvalue weighted by atomic mass is 9.35. The SMILES string of the molecule is CC(C)=CCC[C@@](C)(O)C1CC[C@]2(C)C1C(O)CC1C3(C)CCC(O[C@@H]4OC(CO)[C@@H](O)C(O)[C@@H]4O[C@@H]4OC(CO)[C@@H](O)C(O)[C@@H]4O)C(C)(C)C3CCC12C. The van der Waals surface area contributed by atoms with E-state index in [1.165, 1.54) is 5.57 Å². The summed E-state index contributed by atoms with van der Waals surface area (Å²) in [6.07, 6.45) is -6.48. The second-order valence-electron chi connectivity index (χ2n) is 20.1. The van der Waals surface area contributed by atoms with Gasteiger partial charge in [0.1, 0.15) is 48.8 Å². The van der Waals surface area contributed by atoms with E-state index in [1.54, 1.807) is 0 Å². The molecule has 2 saturated heterocycles. The van der Waals surface area contributed by atoms with Gasteiger partial charge in [-0.15, -0.1) is 0 Å². The summed E-state index contributed by atoms with van der Waals surface area (Å²) in [4.78, 5) is 0. The number of ether oxygens (including phenoxy) is 4. The molecule has 0 aromatic heterocycles. The van der Waals surface area contributed by atoms with Crippen LogP contribution in [0.5, 0.6) is 0 Å². The first-order valence-electron chi connectivity index (χ1n) is 20.9. The van der Waals surface area contributed by atoms with Gasteiger partial charge in [0, 0.05) is 0 Å². The lowest BCUT2D eigenvalue weighted by molar-refractivity contribution is -0.378. The monoisotopic (exact) mass is 784 g/mol. The van der Waals surface area contributed by atoms with E-state index in [2.05, 4.69) is 54.5 Å². The van der Waals surface area contributed by atoms with Crippen molar-refractivity contribution in [2.45, 2.75) is 192 Å². The van der Waals surface area contributed by atoms with Gasteiger partial charge in [-0.3, -0.25) is 0 Å². The first kappa shape index (κ1) is 43.8. The fraction of sp³-hybridized carbons (Fsp3) is 0.952. The molecular formula is C42H72O13.